The molecule has 0 amide bonds. The van der Waals surface area contributed by atoms with Crippen molar-refractivity contribution in [3.8, 4) is 0 Å². The average molecular weight is 504 g/mol. The van der Waals surface area contributed by atoms with Crippen LogP contribution in [0.5, 0.6) is 0 Å². The Bertz CT molecular complexity index is 1050. The van der Waals surface area contributed by atoms with E-state index < -0.39 is 15.1 Å². The van der Waals surface area contributed by atoms with Crippen LogP contribution in [-0.2, 0) is 6.16 Å². The topological polar surface area (TPSA) is 0 Å². The molecule has 0 nitrogen and oxygen atoms in total. The van der Waals surface area contributed by atoms with Gasteiger partial charge in [0.15, 0.2) is 0 Å². The van der Waals surface area contributed by atoms with Crippen LogP contribution in [0.3, 0.4) is 0 Å². The molecule has 0 aliphatic carbocycles. The number of benzene rings is 3. The fourth-order valence-corrected chi connectivity index (χ4v) is 9.86. The number of halogens is 6. The van der Waals surface area contributed by atoms with Gasteiger partial charge in [-0.2, -0.15) is 0 Å². The maximum absolute atomic E-state index is 10.7. The summed E-state index contributed by atoms with van der Waals surface area (Å²) in [6, 6.07) is 29.6. The molecule has 2 unspecified atom stereocenters. The van der Waals surface area contributed by atoms with Gasteiger partial charge in [0, 0.05) is 0 Å². The molecule has 0 fully saturated rings. The zero-order valence-electron chi connectivity index (χ0n) is 18.7. The van der Waals surface area contributed by atoms with E-state index in [2.05, 4.69) is 99.6 Å². The molecule has 8 heteroatoms. The van der Waals surface area contributed by atoms with E-state index in [9.17, 15) is 25.2 Å². The Kier molecular flexibility index (Phi) is 6.54. The Labute approximate surface area is 191 Å². The molecule has 33 heavy (non-hydrogen) atoms. The molecule has 4 rings (SSSR count). The number of fused-ring (bicyclic) bond motifs is 1. The minimum atomic E-state index is -10.7. The van der Waals surface area contributed by atoms with Crippen LogP contribution in [0.15, 0.2) is 78.9 Å². The first-order valence-corrected chi connectivity index (χ1v) is 14.8. The van der Waals surface area contributed by atoms with Gasteiger partial charge in [-0.15, -0.1) is 0 Å². The molecular weight excluding hydrogens is 476 g/mol. The summed E-state index contributed by atoms with van der Waals surface area (Å²) in [5.74, 6) is 0.620. The van der Waals surface area contributed by atoms with E-state index in [0.717, 1.165) is 0 Å². The molecule has 0 N–H and O–H groups in total. The maximum atomic E-state index is 9.87. The quantitative estimate of drug-likeness (QED) is 0.241. The van der Waals surface area contributed by atoms with E-state index in [1.54, 1.807) is 21.7 Å². The SMILES string of the molecule is Cc1cccc2c1C[P+](c1ccccc1)(c1ccccc1)C(C)CC2C.F[P-](F)(F)(F)(F)F. The van der Waals surface area contributed by atoms with E-state index in [0.29, 0.717) is 11.6 Å². The summed E-state index contributed by atoms with van der Waals surface area (Å²) in [6.07, 6.45) is 2.45. The van der Waals surface area contributed by atoms with Gasteiger partial charge in [0.1, 0.15) is 0 Å². The van der Waals surface area contributed by atoms with Gasteiger partial charge in [0.25, 0.3) is 0 Å². The third-order valence-electron chi connectivity index (χ3n) is 6.27. The Morgan fingerprint density at radius 2 is 1.15 bits per heavy atom. The summed E-state index contributed by atoms with van der Waals surface area (Å²) >= 11 is 0. The van der Waals surface area contributed by atoms with Crippen molar-refractivity contribution in [2.75, 3.05) is 0 Å². The Morgan fingerprint density at radius 1 is 0.697 bits per heavy atom. The first-order chi connectivity index (χ1) is 15.1. The summed E-state index contributed by atoms with van der Waals surface area (Å²) in [5.41, 5.74) is 5.31. The third-order valence-corrected chi connectivity index (χ3v) is 11.2. The van der Waals surface area contributed by atoms with Crippen molar-refractivity contribution >= 4 is 25.7 Å². The molecule has 0 saturated heterocycles. The molecule has 3 aromatic rings. The molecule has 1 aliphatic rings. The van der Waals surface area contributed by atoms with Crippen LogP contribution >= 0.6 is 15.1 Å². The molecular formula is C25H28F6P2. The van der Waals surface area contributed by atoms with E-state index in [4.69, 9.17) is 0 Å². The summed E-state index contributed by atoms with van der Waals surface area (Å²) in [4.78, 5) is 0. The van der Waals surface area contributed by atoms with Crippen molar-refractivity contribution in [3.63, 3.8) is 0 Å². The van der Waals surface area contributed by atoms with Crippen LogP contribution in [0.4, 0.5) is 25.2 Å². The molecule has 0 bridgehead atoms. The van der Waals surface area contributed by atoms with Gasteiger partial charge >= 0.3 is 33.0 Å². The molecule has 1 heterocycles. The van der Waals surface area contributed by atoms with Gasteiger partial charge in [-0.05, 0) is 67.1 Å². The van der Waals surface area contributed by atoms with Gasteiger partial charge in [-0.3, -0.25) is 0 Å². The van der Waals surface area contributed by atoms with E-state index in [1.807, 2.05) is 0 Å². The van der Waals surface area contributed by atoms with Crippen molar-refractivity contribution in [1.82, 2.24) is 0 Å². The fraction of sp³-hybridized carbons (Fsp3) is 0.280. The van der Waals surface area contributed by atoms with Crippen molar-refractivity contribution in [2.45, 2.75) is 44.9 Å². The van der Waals surface area contributed by atoms with Crippen molar-refractivity contribution < 1.29 is 25.2 Å². The predicted molar refractivity (Wildman–Crippen MR) is 130 cm³/mol. The zero-order chi connectivity index (χ0) is 24.6. The Hall–Kier alpha value is -1.90. The first-order valence-electron chi connectivity index (χ1n) is 10.7. The van der Waals surface area contributed by atoms with E-state index in [-0.39, 0.29) is 0 Å². The van der Waals surface area contributed by atoms with Crippen molar-refractivity contribution in [1.29, 1.82) is 0 Å². The summed E-state index contributed by atoms with van der Waals surface area (Å²) in [5, 5.41) is 3.11. The molecule has 0 radical (unpaired) electrons. The van der Waals surface area contributed by atoms with Gasteiger partial charge in [0.2, 0.25) is 0 Å². The third kappa shape index (κ3) is 6.80. The van der Waals surface area contributed by atoms with Crippen LogP contribution in [0.2, 0.25) is 0 Å². The predicted octanol–water partition coefficient (Wildman–Crippen LogP) is 9.44. The second kappa shape index (κ2) is 8.40. The van der Waals surface area contributed by atoms with E-state index in [1.165, 1.54) is 18.1 Å². The average Bonchev–Trinajstić information content (AvgIpc) is 2.83. The second-order valence-corrected chi connectivity index (χ2v) is 14.7. The van der Waals surface area contributed by atoms with Crippen LogP contribution in [0.25, 0.3) is 0 Å². The molecule has 1 aliphatic heterocycles. The van der Waals surface area contributed by atoms with Crippen molar-refractivity contribution in [3.05, 3.63) is 95.6 Å². The monoisotopic (exact) mass is 504 g/mol. The normalized spacial score (nSPS) is 22.0. The van der Waals surface area contributed by atoms with Gasteiger partial charge < -0.3 is 0 Å². The number of hydrogen-bond acceptors (Lipinski definition) is 0. The molecule has 0 saturated carbocycles. The van der Waals surface area contributed by atoms with Crippen molar-refractivity contribution in [2.24, 2.45) is 0 Å². The second-order valence-electron chi connectivity index (χ2n) is 8.78. The number of hydrogen-bond donors (Lipinski definition) is 0. The van der Waals surface area contributed by atoms with Crippen LogP contribution in [0.1, 0.15) is 42.9 Å². The summed E-state index contributed by atoms with van der Waals surface area (Å²) in [7, 11) is -12.2. The van der Waals surface area contributed by atoms with Gasteiger partial charge in [-0.1, -0.05) is 61.5 Å². The Morgan fingerprint density at radius 3 is 1.61 bits per heavy atom. The summed E-state index contributed by atoms with van der Waals surface area (Å²) < 4.78 is 59.2. The fourth-order valence-electron chi connectivity index (χ4n) is 4.86. The van der Waals surface area contributed by atoms with Gasteiger partial charge in [0.05, 0.1) is 29.7 Å². The first kappa shape index (κ1) is 25.7. The molecule has 0 aromatic heterocycles. The van der Waals surface area contributed by atoms with E-state index >= 15 is 0 Å². The van der Waals surface area contributed by atoms with Crippen LogP contribution < -0.4 is 10.6 Å². The van der Waals surface area contributed by atoms with Crippen LogP contribution in [0, 0.1) is 6.92 Å². The zero-order valence-corrected chi connectivity index (χ0v) is 20.5. The molecule has 180 valence electrons. The number of rotatable bonds is 2. The molecule has 0 spiro atoms. The minimum absolute atomic E-state index is 0.620. The Balaban J connectivity index is 0.000000383. The van der Waals surface area contributed by atoms with Gasteiger partial charge in [-0.25, -0.2) is 0 Å². The molecule has 2 atom stereocenters. The standard InChI is InChI=1S/C25H28P.F6P/c1-19-11-10-16-24-20(2)17-21(3)26(18-25(19)24,22-12-6-4-7-13-22)23-14-8-5-9-15-23;1-7(2,3,4,5)6/h4-16,20-21H,17-18H2,1-3H3;/q+1;-1. The van der Waals surface area contributed by atoms with Crippen LogP contribution in [-0.4, -0.2) is 5.66 Å². The summed E-state index contributed by atoms with van der Waals surface area (Å²) in [6.45, 7) is 7.22. The number of aryl methyl sites for hydroxylation is 1. The molecule has 3 aromatic carbocycles.